The Hall–Kier alpha value is -2.87. The molecule has 1 aromatic heterocycles. The van der Waals surface area contributed by atoms with Crippen molar-refractivity contribution in [1.82, 2.24) is 14.8 Å². The number of aromatic nitrogens is 3. The number of nitrogens with one attached hydrogen (secondary N) is 1. The Labute approximate surface area is 157 Å². The zero-order valence-corrected chi connectivity index (χ0v) is 15.3. The number of fused-ring (bicyclic) bond motifs is 1. The topological polar surface area (TPSA) is 87.5 Å². The molecule has 0 radical (unpaired) electrons. The molecular weight excluding hydrogens is 348 g/mol. The number of anilines is 1. The van der Waals surface area contributed by atoms with E-state index in [4.69, 9.17) is 14.2 Å². The minimum atomic E-state index is -0.448. The van der Waals surface area contributed by atoms with Crippen LogP contribution in [0.3, 0.4) is 0 Å². The fourth-order valence-corrected chi connectivity index (χ4v) is 3.50. The largest absolute Gasteiger partial charge is 0.497 e. The molecular formula is C19H22N4O4. The van der Waals surface area contributed by atoms with E-state index in [0.717, 1.165) is 25.0 Å². The molecule has 1 N–H and O–H groups in total. The molecule has 8 nitrogen and oxygen atoms in total. The van der Waals surface area contributed by atoms with E-state index in [9.17, 15) is 4.79 Å². The molecule has 2 aliphatic heterocycles. The van der Waals surface area contributed by atoms with E-state index in [1.54, 1.807) is 11.8 Å². The number of hydrogen-bond donors (Lipinski definition) is 1. The third kappa shape index (κ3) is 3.40. The average Bonchev–Trinajstić information content (AvgIpc) is 3.36. The second-order valence-corrected chi connectivity index (χ2v) is 6.60. The molecule has 2 atom stereocenters. The smallest absolute Gasteiger partial charge is 0.338 e. The highest BCUT2D eigenvalue weighted by Crippen LogP contribution is 2.36. The van der Waals surface area contributed by atoms with Crippen molar-refractivity contribution in [2.75, 3.05) is 25.6 Å². The fraction of sp³-hybridized carbons (Fsp3) is 0.421. The lowest BCUT2D eigenvalue weighted by atomic mass is 9.95. The number of ether oxygens (including phenoxy) is 3. The molecule has 1 saturated heterocycles. The number of methoxy groups -OCH3 is 1. The number of hydrogen-bond acceptors (Lipinski definition) is 7. The van der Waals surface area contributed by atoms with Gasteiger partial charge >= 0.3 is 5.97 Å². The van der Waals surface area contributed by atoms with Crippen molar-refractivity contribution in [3.05, 3.63) is 47.4 Å². The molecule has 1 fully saturated rings. The van der Waals surface area contributed by atoms with Gasteiger partial charge in [0.05, 0.1) is 18.8 Å². The third-order valence-electron chi connectivity index (χ3n) is 4.85. The summed E-state index contributed by atoms with van der Waals surface area (Å²) in [6.07, 6.45) is 3.35. The second kappa shape index (κ2) is 7.40. The Bertz CT molecular complexity index is 870. The lowest BCUT2D eigenvalue weighted by Gasteiger charge is -2.28. The van der Waals surface area contributed by atoms with Crippen LogP contribution in [0, 0.1) is 0 Å². The maximum absolute atomic E-state index is 13.0. The number of benzene rings is 1. The molecule has 0 unspecified atom stereocenters. The van der Waals surface area contributed by atoms with Gasteiger partial charge in [-0.25, -0.2) is 9.48 Å². The van der Waals surface area contributed by atoms with E-state index < -0.39 is 6.04 Å². The first-order valence-corrected chi connectivity index (χ1v) is 8.97. The van der Waals surface area contributed by atoms with E-state index in [2.05, 4.69) is 15.4 Å². The highest BCUT2D eigenvalue weighted by atomic mass is 16.6. The quantitative estimate of drug-likeness (QED) is 0.808. The monoisotopic (exact) mass is 370 g/mol. The number of carbonyl (C=O) groups is 1. The molecule has 0 spiro atoms. The number of allylic oxidation sites excluding steroid dienone is 1. The van der Waals surface area contributed by atoms with Crippen LogP contribution in [-0.2, 0) is 14.3 Å². The minimum absolute atomic E-state index is 0.0244. The summed E-state index contributed by atoms with van der Waals surface area (Å²) in [4.78, 5) is 17.2. The predicted octanol–water partition coefficient (Wildman–Crippen LogP) is 2.30. The van der Waals surface area contributed by atoms with E-state index in [1.165, 1.54) is 6.33 Å². The average molecular weight is 370 g/mol. The van der Waals surface area contributed by atoms with Crippen LogP contribution >= 0.6 is 0 Å². The Balaban J connectivity index is 1.67. The molecule has 0 amide bonds. The fourth-order valence-electron chi connectivity index (χ4n) is 3.50. The summed E-state index contributed by atoms with van der Waals surface area (Å²) in [5.74, 6) is 0.901. The summed E-state index contributed by atoms with van der Waals surface area (Å²) in [7, 11) is 1.61. The van der Waals surface area contributed by atoms with Gasteiger partial charge in [-0.15, -0.1) is 0 Å². The summed E-state index contributed by atoms with van der Waals surface area (Å²) in [5, 5.41) is 7.44. The van der Waals surface area contributed by atoms with Crippen molar-refractivity contribution in [3.8, 4) is 5.75 Å². The molecule has 142 valence electrons. The molecule has 8 heteroatoms. The first-order valence-electron chi connectivity index (χ1n) is 8.97. The summed E-state index contributed by atoms with van der Waals surface area (Å²) in [5.41, 5.74) is 2.06. The third-order valence-corrected chi connectivity index (χ3v) is 4.85. The second-order valence-electron chi connectivity index (χ2n) is 6.60. The lowest BCUT2D eigenvalue weighted by molar-refractivity contribution is -0.142. The van der Waals surface area contributed by atoms with Crippen molar-refractivity contribution in [2.24, 2.45) is 0 Å². The van der Waals surface area contributed by atoms with E-state index in [0.29, 0.717) is 23.0 Å². The van der Waals surface area contributed by atoms with Crippen LogP contribution in [0.1, 0.15) is 31.4 Å². The maximum Gasteiger partial charge on any atom is 0.338 e. The van der Waals surface area contributed by atoms with Gasteiger partial charge in [0.15, 0.2) is 0 Å². The van der Waals surface area contributed by atoms with Gasteiger partial charge in [-0.2, -0.15) is 10.1 Å². The number of nitrogens with zero attached hydrogens (tertiary/aromatic N) is 3. The van der Waals surface area contributed by atoms with Crippen LogP contribution in [0.25, 0.3) is 0 Å². The molecule has 27 heavy (non-hydrogen) atoms. The Morgan fingerprint density at radius 1 is 1.44 bits per heavy atom. The zero-order chi connectivity index (χ0) is 18.8. The van der Waals surface area contributed by atoms with Crippen molar-refractivity contribution in [1.29, 1.82) is 0 Å². The first kappa shape index (κ1) is 17.5. The van der Waals surface area contributed by atoms with Crippen LogP contribution in [0.5, 0.6) is 5.75 Å². The van der Waals surface area contributed by atoms with E-state index in [-0.39, 0.29) is 18.7 Å². The Morgan fingerprint density at radius 2 is 2.33 bits per heavy atom. The normalized spacial score (nSPS) is 21.6. The molecule has 0 bridgehead atoms. The standard InChI is InChI=1S/C19H22N4O4/c1-12-16(18(24)27-10-15-7-4-8-26-15)17(23-19(22-12)20-11-21-23)13-5-3-6-14(9-13)25-2/h3,5-6,9,11,15,17H,4,7-8,10H2,1-2H3,(H,20,21,22)/t15-,17+/m0/s1. The SMILES string of the molecule is COc1cccc([C@@H]2C(C(=O)OC[C@@H]3CCCO3)=C(C)Nc3ncnn32)c1. The summed E-state index contributed by atoms with van der Waals surface area (Å²) < 4.78 is 18.2. The maximum atomic E-state index is 13.0. The Morgan fingerprint density at radius 3 is 3.11 bits per heavy atom. The van der Waals surface area contributed by atoms with Crippen LogP contribution in [-0.4, -0.2) is 47.2 Å². The van der Waals surface area contributed by atoms with Crippen molar-refractivity contribution < 1.29 is 19.0 Å². The highest BCUT2D eigenvalue weighted by molar-refractivity contribution is 5.92. The van der Waals surface area contributed by atoms with Crippen LogP contribution < -0.4 is 10.1 Å². The number of rotatable bonds is 5. The van der Waals surface area contributed by atoms with Crippen LogP contribution in [0.2, 0.25) is 0 Å². The molecule has 3 heterocycles. The summed E-state index contributed by atoms with van der Waals surface area (Å²) in [6.45, 7) is 2.82. The van der Waals surface area contributed by atoms with Gasteiger partial charge in [-0.3, -0.25) is 0 Å². The van der Waals surface area contributed by atoms with Crippen molar-refractivity contribution >= 4 is 11.9 Å². The number of carbonyl (C=O) groups excluding carboxylic acids is 1. The number of esters is 1. The Kier molecular flexibility index (Phi) is 4.81. The summed E-state index contributed by atoms with van der Waals surface area (Å²) >= 11 is 0. The first-order chi connectivity index (χ1) is 13.2. The van der Waals surface area contributed by atoms with Gasteiger partial charge < -0.3 is 19.5 Å². The van der Waals surface area contributed by atoms with Crippen molar-refractivity contribution in [2.45, 2.75) is 31.9 Å². The van der Waals surface area contributed by atoms with Gasteiger partial charge in [0, 0.05) is 12.3 Å². The molecule has 0 aliphatic carbocycles. The molecule has 1 aromatic carbocycles. The van der Waals surface area contributed by atoms with Gasteiger partial charge in [-0.1, -0.05) is 12.1 Å². The lowest BCUT2D eigenvalue weighted by Crippen LogP contribution is -2.30. The highest BCUT2D eigenvalue weighted by Gasteiger charge is 2.35. The van der Waals surface area contributed by atoms with Crippen molar-refractivity contribution in [3.63, 3.8) is 0 Å². The van der Waals surface area contributed by atoms with Gasteiger partial charge in [0.2, 0.25) is 5.95 Å². The van der Waals surface area contributed by atoms with Crippen LogP contribution in [0.4, 0.5) is 5.95 Å². The summed E-state index contributed by atoms with van der Waals surface area (Å²) in [6, 6.07) is 7.12. The molecule has 2 aromatic rings. The zero-order valence-electron chi connectivity index (χ0n) is 15.3. The van der Waals surface area contributed by atoms with E-state index >= 15 is 0 Å². The molecule has 4 rings (SSSR count). The molecule has 2 aliphatic rings. The minimum Gasteiger partial charge on any atom is -0.497 e. The van der Waals surface area contributed by atoms with Crippen LogP contribution in [0.15, 0.2) is 41.9 Å². The predicted molar refractivity (Wildman–Crippen MR) is 97.4 cm³/mol. The molecule has 0 saturated carbocycles. The van der Waals surface area contributed by atoms with E-state index in [1.807, 2.05) is 31.2 Å². The van der Waals surface area contributed by atoms with Gasteiger partial charge in [0.25, 0.3) is 0 Å². The van der Waals surface area contributed by atoms with Gasteiger partial charge in [-0.05, 0) is 37.5 Å². The van der Waals surface area contributed by atoms with Gasteiger partial charge in [0.1, 0.15) is 24.7 Å².